The van der Waals surface area contributed by atoms with Gasteiger partial charge in [0.1, 0.15) is 6.61 Å². The fraction of sp³-hybridized carbons (Fsp3) is 1.00. The Bertz CT molecular complexity index is 98.4. The van der Waals surface area contributed by atoms with E-state index in [0.29, 0.717) is 12.8 Å². The summed E-state index contributed by atoms with van der Waals surface area (Å²) in [4.78, 5) is 0. The molecular weight excluding hydrogens is 174 g/mol. The normalized spacial score (nSPS) is 10.5. The molecule has 0 aromatic rings. The first-order valence-electron chi connectivity index (χ1n) is 3.88. The number of hydrogen-bond donors (Lipinski definition) is 0. The van der Waals surface area contributed by atoms with E-state index in [-0.39, 0.29) is 17.4 Å². The van der Waals surface area contributed by atoms with Gasteiger partial charge in [-0.25, -0.2) is 0 Å². The Labute approximate surface area is 80.7 Å². The van der Waals surface area contributed by atoms with Gasteiger partial charge < -0.3 is 0 Å². The minimum absolute atomic E-state index is 0. The van der Waals surface area contributed by atoms with Crippen LogP contribution in [0.3, 0.4) is 0 Å². The van der Waals surface area contributed by atoms with Crippen molar-refractivity contribution in [1.29, 1.82) is 0 Å². The first-order chi connectivity index (χ1) is 4.81. The van der Waals surface area contributed by atoms with Crippen LogP contribution in [0.1, 0.15) is 33.1 Å². The van der Waals surface area contributed by atoms with Gasteiger partial charge >= 0.3 is 8.03 Å². The van der Waals surface area contributed by atoms with Gasteiger partial charge in [-0.2, -0.15) is 0 Å². The molecule has 1 unspecified atom stereocenters. The van der Waals surface area contributed by atoms with E-state index in [1.165, 1.54) is 0 Å². The fourth-order valence-electron chi connectivity index (χ4n) is 0.558. The third-order valence-electron chi connectivity index (χ3n) is 1.14. The predicted octanol–water partition coefficient (Wildman–Crippen LogP) is 1.77. The Hall–Kier alpha value is 0.592. The Morgan fingerprint density at radius 1 is 1.27 bits per heavy atom. The van der Waals surface area contributed by atoms with Gasteiger partial charge in [0.2, 0.25) is 0 Å². The lowest BCUT2D eigenvalue weighted by Gasteiger charge is -1.87. The van der Waals surface area contributed by atoms with Gasteiger partial charge in [0.15, 0.2) is 23.5 Å². The summed E-state index contributed by atoms with van der Waals surface area (Å²) in [6.45, 7) is 4.76. The van der Waals surface area contributed by atoms with Crippen LogP contribution < -0.4 is 0 Å². The van der Waals surface area contributed by atoms with Crippen molar-refractivity contribution in [3.05, 3.63) is 0 Å². The molecule has 0 spiro atoms. The number of hydrogen-bond acceptors (Lipinski definition) is 2. The van der Waals surface area contributed by atoms with Crippen molar-refractivity contribution in [2.45, 2.75) is 33.1 Å². The maximum absolute atomic E-state index is 10.8. The van der Waals surface area contributed by atoms with Crippen molar-refractivity contribution in [3.8, 4) is 0 Å². The average molecular weight is 193 g/mol. The number of rotatable bonds is 6. The summed E-state index contributed by atoms with van der Waals surface area (Å²) < 4.78 is 15.9. The highest BCUT2D eigenvalue weighted by atomic mass is 31.1. The predicted molar refractivity (Wildman–Crippen MR) is 53.6 cm³/mol. The second-order valence-electron chi connectivity index (χ2n) is 2.24. The van der Waals surface area contributed by atoms with Crippen molar-refractivity contribution in [1.82, 2.24) is 0 Å². The fourth-order valence-corrected chi connectivity index (χ4v) is 1.38. The van der Waals surface area contributed by atoms with Crippen LogP contribution in [0.15, 0.2) is 0 Å². The summed E-state index contributed by atoms with van der Waals surface area (Å²) in [5.41, 5.74) is 0. The molecule has 0 fully saturated rings. The Balaban J connectivity index is 0. The minimum Gasteiger partial charge on any atom is -0.146 e. The third-order valence-corrected chi connectivity index (χ3v) is 2.42. The van der Waals surface area contributed by atoms with Crippen LogP contribution in [0.2, 0.25) is 0 Å². The summed E-state index contributed by atoms with van der Waals surface area (Å²) in [5, 5.41) is 0. The zero-order valence-corrected chi connectivity index (χ0v) is 7.69. The van der Waals surface area contributed by atoms with Crippen LogP contribution in [-0.4, -0.2) is 30.1 Å². The maximum Gasteiger partial charge on any atom is 0.508 e. The molecule has 0 rings (SSSR count). The van der Waals surface area contributed by atoms with Gasteiger partial charge in [0, 0.05) is 0 Å². The maximum atomic E-state index is 10.8. The van der Waals surface area contributed by atoms with Crippen molar-refractivity contribution in [3.63, 3.8) is 0 Å². The quantitative estimate of drug-likeness (QED) is 0.365. The highest BCUT2D eigenvalue weighted by molar-refractivity contribution is 7.39. The van der Waals surface area contributed by atoms with E-state index in [4.69, 9.17) is 4.52 Å². The molecule has 0 saturated carbocycles. The molecule has 0 saturated heterocycles. The van der Waals surface area contributed by atoms with E-state index >= 15 is 0 Å². The molecule has 0 bridgehead atoms. The van der Waals surface area contributed by atoms with Crippen LogP contribution in [0.4, 0.5) is 0 Å². The molecule has 0 N–H and O–H groups in total. The largest absolute Gasteiger partial charge is 0.508 e. The van der Waals surface area contributed by atoms with Crippen LogP contribution in [0.25, 0.3) is 0 Å². The molecule has 0 aliphatic rings. The molecule has 0 radical (unpaired) electrons. The molecule has 0 amide bonds. The van der Waals surface area contributed by atoms with Crippen molar-refractivity contribution < 1.29 is 9.09 Å². The lowest BCUT2D eigenvalue weighted by atomic mass is 10.4. The van der Waals surface area contributed by atoms with Gasteiger partial charge in [-0.1, -0.05) is 20.3 Å². The highest BCUT2D eigenvalue weighted by Crippen LogP contribution is 2.22. The molecule has 0 aromatic heterocycles. The molecule has 4 heteroatoms. The van der Waals surface area contributed by atoms with Crippen molar-refractivity contribution in [2.24, 2.45) is 0 Å². The molecule has 2 nitrogen and oxygen atoms in total. The van der Waals surface area contributed by atoms with E-state index in [1.807, 2.05) is 6.92 Å². The lowest BCUT2D eigenvalue weighted by Crippen LogP contribution is -1.86. The van der Waals surface area contributed by atoms with E-state index in [9.17, 15) is 4.57 Å². The smallest absolute Gasteiger partial charge is 0.146 e. The SMILES string of the molecule is CCCCO[P+](=O)CCC.[AlH3]. The average Bonchev–Trinajstić information content (AvgIpc) is 1.89. The monoisotopic (exact) mass is 193 g/mol. The minimum atomic E-state index is -1.34. The van der Waals surface area contributed by atoms with Crippen molar-refractivity contribution >= 4 is 25.4 Å². The van der Waals surface area contributed by atoms with E-state index < -0.39 is 8.03 Å². The first kappa shape index (κ1) is 14.1. The molecule has 0 heterocycles. The van der Waals surface area contributed by atoms with Gasteiger partial charge in [-0.15, -0.1) is 4.52 Å². The summed E-state index contributed by atoms with van der Waals surface area (Å²) >= 11 is 0. The first-order valence-corrected chi connectivity index (χ1v) is 5.25. The van der Waals surface area contributed by atoms with Crippen LogP contribution in [0.5, 0.6) is 0 Å². The van der Waals surface area contributed by atoms with Gasteiger partial charge in [0.25, 0.3) is 0 Å². The van der Waals surface area contributed by atoms with Gasteiger partial charge in [0.05, 0.1) is 0 Å². The summed E-state index contributed by atoms with van der Waals surface area (Å²) in [6.07, 6.45) is 3.78. The molecular formula is C7H19AlO2P+. The lowest BCUT2D eigenvalue weighted by molar-refractivity contribution is 0.321. The summed E-state index contributed by atoms with van der Waals surface area (Å²) in [7, 11) is -1.34. The van der Waals surface area contributed by atoms with Gasteiger partial charge in [-0.05, 0) is 17.4 Å². The summed E-state index contributed by atoms with van der Waals surface area (Å²) in [6, 6.07) is 0. The Morgan fingerprint density at radius 2 is 1.91 bits per heavy atom. The van der Waals surface area contributed by atoms with Crippen molar-refractivity contribution in [2.75, 3.05) is 12.8 Å². The zero-order chi connectivity index (χ0) is 7.82. The van der Waals surface area contributed by atoms with Crippen LogP contribution in [-0.2, 0) is 9.09 Å². The molecule has 0 aliphatic heterocycles. The molecule has 1 atom stereocenters. The Morgan fingerprint density at radius 3 is 2.36 bits per heavy atom. The van der Waals surface area contributed by atoms with E-state index in [0.717, 1.165) is 19.3 Å². The molecule has 11 heavy (non-hydrogen) atoms. The van der Waals surface area contributed by atoms with E-state index in [1.54, 1.807) is 0 Å². The summed E-state index contributed by atoms with van der Waals surface area (Å²) in [5.74, 6) is 0. The van der Waals surface area contributed by atoms with Crippen LogP contribution >= 0.6 is 8.03 Å². The Kier molecular flexibility index (Phi) is 13.6. The highest BCUT2D eigenvalue weighted by Gasteiger charge is 2.13. The third kappa shape index (κ3) is 10.6. The zero-order valence-electron chi connectivity index (χ0n) is 6.80. The molecule has 0 aromatic carbocycles. The van der Waals surface area contributed by atoms with Gasteiger partial charge in [-0.3, -0.25) is 0 Å². The standard InChI is InChI=1S/C7H16O2P.Al.3H/c1-3-5-6-9-10(8)7-4-2;;;;/h3-7H2,1-2H3;;;;/q+1;;;;. The topological polar surface area (TPSA) is 26.3 Å². The second-order valence-corrected chi connectivity index (χ2v) is 3.61. The number of unbranched alkanes of at least 4 members (excludes halogenated alkanes) is 1. The van der Waals surface area contributed by atoms with Crippen LogP contribution in [0, 0.1) is 0 Å². The van der Waals surface area contributed by atoms with E-state index in [2.05, 4.69) is 6.92 Å². The molecule has 0 aliphatic carbocycles. The second kappa shape index (κ2) is 10.6. The molecule has 66 valence electrons.